The van der Waals surface area contributed by atoms with Crippen LogP contribution in [0.5, 0.6) is 0 Å². The molecular formula is C20H23IN8. The lowest BCUT2D eigenvalue weighted by atomic mass is 10.2. The number of aromatic nitrogens is 5. The van der Waals surface area contributed by atoms with Crippen molar-refractivity contribution in [2.75, 3.05) is 6.54 Å². The Balaban J connectivity index is 0.00000240. The Morgan fingerprint density at radius 1 is 1.00 bits per heavy atom. The molecule has 150 valence electrons. The standard InChI is InChI=1S/C20H22N8.HI/c1-2-21-20(23-15-19-26-25-18-6-3-4-12-27(18)19)22-14-16-7-9-17(10-8-16)28-13-5-11-24-28;/h3-13H,2,14-15H2,1H3,(H2,21,22,23);1H. The minimum atomic E-state index is 0. The second kappa shape index (κ2) is 10.0. The van der Waals surface area contributed by atoms with Crippen LogP contribution in [0.4, 0.5) is 0 Å². The van der Waals surface area contributed by atoms with Gasteiger partial charge < -0.3 is 10.6 Å². The highest BCUT2D eigenvalue weighted by atomic mass is 127. The maximum absolute atomic E-state index is 4.67. The zero-order valence-electron chi connectivity index (χ0n) is 16.1. The van der Waals surface area contributed by atoms with Crippen LogP contribution in [-0.4, -0.2) is 36.9 Å². The molecule has 4 aromatic rings. The number of guanidine groups is 1. The molecule has 1 aromatic carbocycles. The number of pyridine rings is 1. The Morgan fingerprint density at radius 2 is 1.86 bits per heavy atom. The van der Waals surface area contributed by atoms with Gasteiger partial charge in [0.1, 0.15) is 0 Å². The van der Waals surface area contributed by atoms with Crippen LogP contribution in [0.15, 0.2) is 72.1 Å². The van der Waals surface area contributed by atoms with Crippen molar-refractivity contribution in [2.45, 2.75) is 20.0 Å². The van der Waals surface area contributed by atoms with Gasteiger partial charge in [-0.2, -0.15) is 5.10 Å². The van der Waals surface area contributed by atoms with E-state index < -0.39 is 0 Å². The molecule has 0 unspecified atom stereocenters. The van der Waals surface area contributed by atoms with Crippen molar-refractivity contribution in [1.82, 2.24) is 35.0 Å². The summed E-state index contributed by atoms with van der Waals surface area (Å²) in [7, 11) is 0. The molecule has 0 aliphatic heterocycles. The lowest BCUT2D eigenvalue weighted by Crippen LogP contribution is -2.37. The zero-order valence-corrected chi connectivity index (χ0v) is 18.4. The topological polar surface area (TPSA) is 84.4 Å². The number of hydrogen-bond donors (Lipinski definition) is 2. The zero-order chi connectivity index (χ0) is 19.2. The van der Waals surface area contributed by atoms with E-state index in [1.807, 2.05) is 64.8 Å². The summed E-state index contributed by atoms with van der Waals surface area (Å²) < 4.78 is 3.80. The first kappa shape index (κ1) is 20.8. The van der Waals surface area contributed by atoms with Gasteiger partial charge >= 0.3 is 0 Å². The van der Waals surface area contributed by atoms with E-state index in [1.165, 1.54) is 0 Å². The molecule has 3 heterocycles. The van der Waals surface area contributed by atoms with Crippen molar-refractivity contribution in [3.8, 4) is 5.69 Å². The number of nitrogens with zero attached hydrogens (tertiary/aromatic N) is 6. The van der Waals surface area contributed by atoms with Gasteiger partial charge in [-0.1, -0.05) is 18.2 Å². The third-order valence-electron chi connectivity index (χ3n) is 4.27. The number of fused-ring (bicyclic) bond motifs is 1. The molecule has 0 atom stereocenters. The van der Waals surface area contributed by atoms with Gasteiger partial charge in [0.05, 0.1) is 18.8 Å². The summed E-state index contributed by atoms with van der Waals surface area (Å²) in [5, 5.41) is 19.2. The lowest BCUT2D eigenvalue weighted by molar-refractivity contribution is 0.765. The maximum Gasteiger partial charge on any atom is 0.191 e. The van der Waals surface area contributed by atoms with Crippen LogP contribution in [0.3, 0.4) is 0 Å². The molecule has 0 saturated carbocycles. The number of hydrogen-bond acceptors (Lipinski definition) is 4. The van der Waals surface area contributed by atoms with Crippen molar-refractivity contribution in [2.24, 2.45) is 4.99 Å². The van der Waals surface area contributed by atoms with Gasteiger partial charge in [-0.05, 0) is 42.8 Å². The third-order valence-corrected chi connectivity index (χ3v) is 4.27. The molecule has 0 fully saturated rings. The molecule has 0 radical (unpaired) electrons. The van der Waals surface area contributed by atoms with Gasteiger partial charge in [0.25, 0.3) is 0 Å². The Hall–Kier alpha value is -2.95. The van der Waals surface area contributed by atoms with Crippen LogP contribution in [0, 0.1) is 0 Å². The molecule has 2 N–H and O–H groups in total. The number of benzene rings is 1. The maximum atomic E-state index is 4.67. The first-order valence-corrected chi connectivity index (χ1v) is 9.23. The average molecular weight is 502 g/mol. The molecular weight excluding hydrogens is 479 g/mol. The molecule has 3 aromatic heterocycles. The van der Waals surface area contributed by atoms with E-state index in [0.29, 0.717) is 13.1 Å². The first-order valence-electron chi connectivity index (χ1n) is 9.23. The first-order chi connectivity index (χ1) is 13.8. The van der Waals surface area contributed by atoms with E-state index in [-0.39, 0.29) is 24.0 Å². The van der Waals surface area contributed by atoms with Gasteiger partial charge in [0.2, 0.25) is 0 Å². The summed E-state index contributed by atoms with van der Waals surface area (Å²) in [5.74, 6) is 1.58. The summed E-state index contributed by atoms with van der Waals surface area (Å²) >= 11 is 0. The van der Waals surface area contributed by atoms with E-state index in [1.54, 1.807) is 6.20 Å². The Morgan fingerprint density at radius 3 is 2.62 bits per heavy atom. The van der Waals surface area contributed by atoms with Crippen molar-refractivity contribution in [3.63, 3.8) is 0 Å². The van der Waals surface area contributed by atoms with Crippen LogP contribution in [-0.2, 0) is 13.1 Å². The van der Waals surface area contributed by atoms with E-state index in [0.717, 1.165) is 35.2 Å². The molecule has 0 amide bonds. The molecule has 0 aliphatic rings. The van der Waals surface area contributed by atoms with Crippen molar-refractivity contribution >= 4 is 35.6 Å². The predicted molar refractivity (Wildman–Crippen MR) is 124 cm³/mol. The molecule has 8 nitrogen and oxygen atoms in total. The Labute approximate surface area is 186 Å². The van der Waals surface area contributed by atoms with Gasteiger partial charge in [-0.25, -0.2) is 9.67 Å². The van der Waals surface area contributed by atoms with Crippen LogP contribution < -0.4 is 10.6 Å². The van der Waals surface area contributed by atoms with Crippen molar-refractivity contribution in [3.05, 3.63) is 78.5 Å². The number of rotatable bonds is 6. The molecule has 0 aliphatic carbocycles. The number of nitrogens with one attached hydrogen (secondary N) is 2. The minimum Gasteiger partial charge on any atom is -0.357 e. The fourth-order valence-corrected chi connectivity index (χ4v) is 2.86. The van der Waals surface area contributed by atoms with Crippen molar-refractivity contribution in [1.29, 1.82) is 0 Å². The third kappa shape index (κ3) is 5.11. The molecule has 0 spiro atoms. The Kier molecular flexibility index (Phi) is 7.17. The van der Waals surface area contributed by atoms with E-state index >= 15 is 0 Å². The van der Waals surface area contributed by atoms with E-state index in [9.17, 15) is 0 Å². The monoisotopic (exact) mass is 502 g/mol. The molecule has 29 heavy (non-hydrogen) atoms. The quantitative estimate of drug-likeness (QED) is 0.241. The summed E-state index contributed by atoms with van der Waals surface area (Å²) in [6.07, 6.45) is 5.65. The minimum absolute atomic E-state index is 0. The van der Waals surface area contributed by atoms with Crippen LogP contribution in [0.1, 0.15) is 18.3 Å². The smallest absolute Gasteiger partial charge is 0.191 e. The fourth-order valence-electron chi connectivity index (χ4n) is 2.86. The second-order valence-electron chi connectivity index (χ2n) is 6.21. The predicted octanol–water partition coefficient (Wildman–Crippen LogP) is 2.79. The number of aliphatic imine (C=N–C) groups is 1. The lowest BCUT2D eigenvalue weighted by Gasteiger charge is -2.10. The highest BCUT2D eigenvalue weighted by Gasteiger charge is 2.05. The molecule has 0 bridgehead atoms. The summed E-state index contributed by atoms with van der Waals surface area (Å²) in [6, 6.07) is 16.0. The molecule has 0 saturated heterocycles. The average Bonchev–Trinajstić information content (AvgIpc) is 3.41. The van der Waals surface area contributed by atoms with Gasteiger partial charge in [0.15, 0.2) is 17.4 Å². The van der Waals surface area contributed by atoms with Gasteiger partial charge in [-0.15, -0.1) is 34.2 Å². The summed E-state index contributed by atoms with van der Waals surface area (Å²) in [6.45, 7) is 3.94. The molecule has 9 heteroatoms. The van der Waals surface area contributed by atoms with E-state index in [4.69, 9.17) is 0 Å². The summed E-state index contributed by atoms with van der Waals surface area (Å²) in [4.78, 5) is 4.67. The van der Waals surface area contributed by atoms with E-state index in [2.05, 4.69) is 43.1 Å². The van der Waals surface area contributed by atoms with Crippen molar-refractivity contribution < 1.29 is 0 Å². The van der Waals surface area contributed by atoms with Gasteiger partial charge in [-0.3, -0.25) is 4.40 Å². The fraction of sp³-hybridized carbons (Fsp3) is 0.200. The van der Waals surface area contributed by atoms with Gasteiger partial charge in [0, 0.05) is 25.1 Å². The normalized spacial score (nSPS) is 11.3. The molecule has 4 rings (SSSR count). The second-order valence-corrected chi connectivity index (χ2v) is 6.21. The largest absolute Gasteiger partial charge is 0.357 e. The Bertz CT molecular complexity index is 1050. The van der Waals surface area contributed by atoms with Crippen LogP contribution in [0.25, 0.3) is 11.3 Å². The number of halogens is 1. The van der Waals surface area contributed by atoms with Crippen LogP contribution >= 0.6 is 24.0 Å². The highest BCUT2D eigenvalue weighted by Crippen LogP contribution is 2.09. The SMILES string of the molecule is CCNC(=NCc1ccc(-n2cccn2)cc1)NCc1nnc2ccccn12.I. The highest BCUT2D eigenvalue weighted by molar-refractivity contribution is 14.0. The van der Waals surface area contributed by atoms with Crippen LogP contribution in [0.2, 0.25) is 0 Å². The summed E-state index contributed by atoms with van der Waals surface area (Å²) in [5.41, 5.74) is 2.99.